The van der Waals surface area contributed by atoms with Gasteiger partial charge in [-0.05, 0) is 12.1 Å². The Balaban J connectivity index is 2.26. The van der Waals surface area contributed by atoms with Gasteiger partial charge in [-0.2, -0.15) is 0 Å². The van der Waals surface area contributed by atoms with Crippen molar-refractivity contribution in [3.63, 3.8) is 0 Å². The van der Waals surface area contributed by atoms with Crippen LogP contribution in [0.5, 0.6) is 11.5 Å². The highest BCUT2D eigenvalue weighted by molar-refractivity contribution is 5.26. The Bertz CT molecular complexity index is 521. The summed E-state index contributed by atoms with van der Waals surface area (Å²) in [5, 5.41) is 8.76. The van der Waals surface area contributed by atoms with E-state index in [-0.39, 0.29) is 23.5 Å². The molecule has 2 aromatic rings. The van der Waals surface area contributed by atoms with Crippen LogP contribution in [-0.4, -0.2) is 10.1 Å². The van der Waals surface area contributed by atoms with E-state index in [1.165, 1.54) is 12.3 Å². The summed E-state index contributed by atoms with van der Waals surface area (Å²) in [6.45, 7) is -0.315. The average molecular weight is 219 g/mol. The molecule has 5 nitrogen and oxygen atoms in total. The molecule has 0 amide bonds. The minimum absolute atomic E-state index is 0.0726. The molecule has 2 aromatic heterocycles. The summed E-state index contributed by atoms with van der Waals surface area (Å²) in [5.74, 6) is 0.773. The molecule has 0 saturated heterocycles. The zero-order chi connectivity index (χ0) is 11.4. The summed E-state index contributed by atoms with van der Waals surface area (Å²) in [6, 6.07) is 4.44. The molecule has 0 radical (unpaired) electrons. The summed E-state index contributed by atoms with van der Waals surface area (Å²) in [6.07, 6.45) is 4.28. The number of pyridine rings is 1. The number of aromatic nitrogens is 1. The largest absolute Gasteiger partial charge is 0.463 e. The monoisotopic (exact) mass is 219 g/mol. The fourth-order valence-corrected chi connectivity index (χ4v) is 1.13. The van der Waals surface area contributed by atoms with Crippen LogP contribution in [0.1, 0.15) is 5.76 Å². The van der Waals surface area contributed by atoms with Crippen molar-refractivity contribution in [1.82, 2.24) is 4.98 Å². The summed E-state index contributed by atoms with van der Waals surface area (Å²) < 4.78 is 10.3. The highest BCUT2D eigenvalue weighted by Crippen LogP contribution is 2.16. The lowest BCUT2D eigenvalue weighted by Gasteiger charge is -2.03. The van der Waals surface area contributed by atoms with Crippen molar-refractivity contribution in [3.8, 4) is 11.5 Å². The van der Waals surface area contributed by atoms with E-state index in [0.29, 0.717) is 5.75 Å². The quantitative estimate of drug-likeness (QED) is 0.842. The van der Waals surface area contributed by atoms with Crippen molar-refractivity contribution in [2.45, 2.75) is 6.61 Å². The number of hydrogen-bond donors (Lipinski definition) is 1. The van der Waals surface area contributed by atoms with E-state index >= 15 is 0 Å². The highest BCUT2D eigenvalue weighted by Gasteiger charge is 2.04. The molecule has 0 aliphatic rings. The average Bonchev–Trinajstić information content (AvgIpc) is 2.33. The van der Waals surface area contributed by atoms with Crippen LogP contribution in [0.15, 0.2) is 46.1 Å². The Labute approximate surface area is 90.9 Å². The smallest absolute Gasteiger partial charge is 0.227 e. The Morgan fingerprint density at radius 2 is 2.12 bits per heavy atom. The maximum absolute atomic E-state index is 11.5. The first-order valence-electron chi connectivity index (χ1n) is 4.60. The number of aliphatic hydroxyl groups excluding tert-OH is 1. The van der Waals surface area contributed by atoms with Gasteiger partial charge in [0.2, 0.25) is 11.2 Å². The Morgan fingerprint density at radius 1 is 1.38 bits per heavy atom. The Kier molecular flexibility index (Phi) is 2.98. The third-order valence-electron chi connectivity index (χ3n) is 1.89. The molecule has 1 N–H and O–H groups in total. The van der Waals surface area contributed by atoms with Gasteiger partial charge >= 0.3 is 0 Å². The van der Waals surface area contributed by atoms with Gasteiger partial charge in [0.25, 0.3) is 0 Å². The van der Waals surface area contributed by atoms with Gasteiger partial charge in [-0.15, -0.1) is 0 Å². The first-order valence-corrected chi connectivity index (χ1v) is 4.60. The first kappa shape index (κ1) is 10.4. The predicted molar refractivity (Wildman–Crippen MR) is 55.2 cm³/mol. The van der Waals surface area contributed by atoms with Crippen LogP contribution < -0.4 is 10.2 Å². The lowest BCUT2D eigenvalue weighted by atomic mass is 10.4. The van der Waals surface area contributed by atoms with Crippen molar-refractivity contribution in [2.24, 2.45) is 0 Å². The SMILES string of the molecule is O=c1cc(CO)occ1Oc1ccncc1. The minimum Gasteiger partial charge on any atom is -0.463 e. The predicted octanol–water partition coefficient (Wildman–Crippen LogP) is 1.32. The van der Waals surface area contributed by atoms with E-state index in [2.05, 4.69) is 4.98 Å². The van der Waals surface area contributed by atoms with E-state index in [9.17, 15) is 4.79 Å². The molecule has 0 aliphatic carbocycles. The van der Waals surface area contributed by atoms with E-state index in [0.717, 1.165) is 0 Å². The van der Waals surface area contributed by atoms with Crippen LogP contribution in [-0.2, 0) is 6.61 Å². The molecular weight excluding hydrogens is 210 g/mol. The molecule has 0 aliphatic heterocycles. The number of nitrogens with zero attached hydrogens (tertiary/aromatic N) is 1. The van der Waals surface area contributed by atoms with Crippen molar-refractivity contribution >= 4 is 0 Å². The van der Waals surface area contributed by atoms with Crippen LogP contribution in [0.2, 0.25) is 0 Å². The van der Waals surface area contributed by atoms with Crippen LogP contribution >= 0.6 is 0 Å². The van der Waals surface area contributed by atoms with Gasteiger partial charge in [0.15, 0.2) is 0 Å². The van der Waals surface area contributed by atoms with Gasteiger partial charge in [0.1, 0.15) is 24.4 Å². The van der Waals surface area contributed by atoms with Gasteiger partial charge in [-0.1, -0.05) is 0 Å². The molecular formula is C11H9NO4. The van der Waals surface area contributed by atoms with Crippen LogP contribution in [0, 0.1) is 0 Å². The first-order chi connectivity index (χ1) is 7.79. The molecule has 0 atom stereocenters. The molecule has 82 valence electrons. The van der Waals surface area contributed by atoms with Gasteiger partial charge in [0, 0.05) is 18.5 Å². The molecule has 0 unspecified atom stereocenters. The van der Waals surface area contributed by atoms with E-state index in [1.54, 1.807) is 24.5 Å². The van der Waals surface area contributed by atoms with Crippen molar-refractivity contribution < 1.29 is 14.3 Å². The lowest BCUT2D eigenvalue weighted by Crippen LogP contribution is -2.04. The molecule has 0 fully saturated rings. The third kappa shape index (κ3) is 2.26. The van der Waals surface area contributed by atoms with Crippen molar-refractivity contribution in [1.29, 1.82) is 0 Å². The molecule has 0 spiro atoms. The van der Waals surface area contributed by atoms with E-state index < -0.39 is 0 Å². The molecule has 5 heteroatoms. The topological polar surface area (TPSA) is 72.6 Å². The lowest BCUT2D eigenvalue weighted by molar-refractivity contribution is 0.241. The summed E-state index contributed by atoms with van der Waals surface area (Å²) in [5.41, 5.74) is -0.341. The third-order valence-corrected chi connectivity index (χ3v) is 1.89. The maximum atomic E-state index is 11.5. The highest BCUT2D eigenvalue weighted by atomic mass is 16.5. The van der Waals surface area contributed by atoms with Gasteiger partial charge in [-0.3, -0.25) is 9.78 Å². The second kappa shape index (κ2) is 4.59. The molecule has 2 rings (SSSR count). The summed E-state index contributed by atoms with van der Waals surface area (Å²) >= 11 is 0. The standard InChI is InChI=1S/C11H9NO4/c13-6-9-5-10(14)11(7-15-9)16-8-1-3-12-4-2-8/h1-5,7,13H,6H2. The second-order valence-corrected chi connectivity index (χ2v) is 3.02. The molecule has 2 heterocycles. The number of aliphatic hydroxyl groups is 1. The molecule has 0 saturated carbocycles. The number of rotatable bonds is 3. The van der Waals surface area contributed by atoms with Crippen molar-refractivity contribution in [3.05, 3.63) is 52.8 Å². The van der Waals surface area contributed by atoms with E-state index in [1.807, 2.05) is 0 Å². The van der Waals surface area contributed by atoms with Crippen LogP contribution in [0.25, 0.3) is 0 Å². The zero-order valence-corrected chi connectivity index (χ0v) is 8.29. The summed E-state index contributed by atoms with van der Waals surface area (Å²) in [4.78, 5) is 15.3. The Hall–Kier alpha value is -2.14. The maximum Gasteiger partial charge on any atom is 0.227 e. The van der Waals surface area contributed by atoms with Crippen LogP contribution in [0.3, 0.4) is 0 Å². The normalized spacial score (nSPS) is 10.1. The number of hydrogen-bond acceptors (Lipinski definition) is 5. The van der Waals surface area contributed by atoms with Gasteiger partial charge in [0.05, 0.1) is 0 Å². The summed E-state index contributed by atoms with van der Waals surface area (Å²) in [7, 11) is 0. The molecule has 0 bridgehead atoms. The zero-order valence-electron chi connectivity index (χ0n) is 8.29. The molecule has 16 heavy (non-hydrogen) atoms. The van der Waals surface area contributed by atoms with Crippen LogP contribution in [0.4, 0.5) is 0 Å². The van der Waals surface area contributed by atoms with Gasteiger partial charge < -0.3 is 14.3 Å². The second-order valence-electron chi connectivity index (χ2n) is 3.02. The fraction of sp³-hybridized carbons (Fsp3) is 0.0909. The Morgan fingerprint density at radius 3 is 2.75 bits per heavy atom. The fourth-order valence-electron chi connectivity index (χ4n) is 1.13. The van der Waals surface area contributed by atoms with E-state index in [4.69, 9.17) is 14.3 Å². The van der Waals surface area contributed by atoms with Gasteiger partial charge in [-0.25, -0.2) is 0 Å². The molecule has 0 aromatic carbocycles. The van der Waals surface area contributed by atoms with Crippen molar-refractivity contribution in [2.75, 3.05) is 0 Å². The number of ether oxygens (including phenoxy) is 1. The minimum atomic E-state index is -0.341.